The van der Waals surface area contributed by atoms with Gasteiger partial charge in [-0.05, 0) is 11.6 Å². The molecule has 18 heavy (non-hydrogen) atoms. The van der Waals surface area contributed by atoms with Crippen molar-refractivity contribution in [3.63, 3.8) is 0 Å². The third kappa shape index (κ3) is 2.46. The monoisotopic (exact) mass is 240 g/mol. The Morgan fingerprint density at radius 3 is 2.39 bits per heavy atom. The maximum Gasteiger partial charge on any atom is 0.308 e. The van der Waals surface area contributed by atoms with E-state index < -0.39 is 5.97 Å². The van der Waals surface area contributed by atoms with E-state index in [1.165, 1.54) is 6.92 Å². The largest absolute Gasteiger partial charge is 0.426 e. The van der Waals surface area contributed by atoms with E-state index in [1.807, 2.05) is 30.3 Å². The fourth-order valence-electron chi connectivity index (χ4n) is 1.80. The Hall–Kier alpha value is -2.42. The van der Waals surface area contributed by atoms with Crippen LogP contribution in [0.1, 0.15) is 17.3 Å². The molecule has 0 aromatic heterocycles. The topological polar surface area (TPSA) is 43.4 Å². The second kappa shape index (κ2) is 5.27. The van der Waals surface area contributed by atoms with E-state index in [9.17, 15) is 9.59 Å². The standard InChI is InChI=1S/C15H12O3/c1-11(17)18-14-9-5-8-13(10-16)15(14)12-6-3-2-4-7-12/h2-10H,1H3. The lowest BCUT2D eigenvalue weighted by atomic mass is 9.99. The molecule has 0 bridgehead atoms. The molecule has 2 aromatic carbocycles. The Balaban J connectivity index is 2.61. The Kier molecular flexibility index (Phi) is 3.53. The number of carbonyl (C=O) groups excluding carboxylic acids is 2. The lowest BCUT2D eigenvalue weighted by Crippen LogP contribution is -2.04. The fourth-order valence-corrected chi connectivity index (χ4v) is 1.80. The molecule has 0 N–H and O–H groups in total. The summed E-state index contributed by atoms with van der Waals surface area (Å²) in [6.07, 6.45) is 0.759. The minimum atomic E-state index is -0.407. The number of benzene rings is 2. The molecule has 0 aliphatic rings. The van der Waals surface area contributed by atoms with Crippen molar-refractivity contribution >= 4 is 12.3 Å². The molecule has 2 rings (SSSR count). The summed E-state index contributed by atoms with van der Waals surface area (Å²) >= 11 is 0. The van der Waals surface area contributed by atoms with Gasteiger partial charge in [0.2, 0.25) is 0 Å². The Morgan fingerprint density at radius 1 is 1.06 bits per heavy atom. The summed E-state index contributed by atoms with van der Waals surface area (Å²) < 4.78 is 5.14. The Labute approximate surface area is 105 Å². The first-order valence-electron chi connectivity index (χ1n) is 5.54. The van der Waals surface area contributed by atoms with Crippen LogP contribution in [-0.2, 0) is 4.79 Å². The van der Waals surface area contributed by atoms with E-state index in [-0.39, 0.29) is 0 Å². The van der Waals surface area contributed by atoms with Crippen molar-refractivity contribution in [1.29, 1.82) is 0 Å². The van der Waals surface area contributed by atoms with Gasteiger partial charge >= 0.3 is 5.97 Å². The van der Waals surface area contributed by atoms with Crippen molar-refractivity contribution in [1.82, 2.24) is 0 Å². The molecular formula is C15H12O3. The molecule has 2 aromatic rings. The van der Waals surface area contributed by atoms with Crippen LogP contribution in [0.25, 0.3) is 11.1 Å². The SMILES string of the molecule is CC(=O)Oc1cccc(C=O)c1-c1ccccc1. The Bertz CT molecular complexity index is 574. The van der Waals surface area contributed by atoms with E-state index in [1.54, 1.807) is 18.2 Å². The molecule has 0 atom stereocenters. The molecule has 3 nitrogen and oxygen atoms in total. The van der Waals surface area contributed by atoms with Gasteiger partial charge in [0.15, 0.2) is 6.29 Å². The van der Waals surface area contributed by atoms with Crippen LogP contribution in [-0.4, -0.2) is 12.3 Å². The summed E-state index contributed by atoms with van der Waals surface area (Å²) in [4.78, 5) is 22.2. The molecule has 0 aliphatic heterocycles. The van der Waals surface area contributed by atoms with Gasteiger partial charge in [0.05, 0.1) is 0 Å². The minimum absolute atomic E-state index is 0.401. The zero-order valence-electron chi connectivity index (χ0n) is 9.92. The number of aldehydes is 1. The van der Waals surface area contributed by atoms with Crippen molar-refractivity contribution in [3.8, 4) is 16.9 Å². The number of esters is 1. The van der Waals surface area contributed by atoms with Crippen LogP contribution < -0.4 is 4.74 Å². The van der Waals surface area contributed by atoms with E-state index in [0.29, 0.717) is 16.9 Å². The highest BCUT2D eigenvalue weighted by Gasteiger charge is 2.12. The summed E-state index contributed by atoms with van der Waals surface area (Å²) in [5.41, 5.74) is 1.99. The van der Waals surface area contributed by atoms with Crippen LogP contribution in [0.3, 0.4) is 0 Å². The quantitative estimate of drug-likeness (QED) is 0.470. The average molecular weight is 240 g/mol. The first-order valence-corrected chi connectivity index (χ1v) is 5.54. The number of carbonyl (C=O) groups is 2. The van der Waals surface area contributed by atoms with Gasteiger partial charge in [0, 0.05) is 18.1 Å². The molecule has 3 heteroatoms. The van der Waals surface area contributed by atoms with E-state index in [4.69, 9.17) is 4.74 Å². The van der Waals surface area contributed by atoms with Crippen molar-refractivity contribution in [2.75, 3.05) is 0 Å². The molecule has 0 amide bonds. The summed E-state index contributed by atoms with van der Waals surface area (Å²) in [6.45, 7) is 1.34. The lowest BCUT2D eigenvalue weighted by molar-refractivity contribution is -0.131. The summed E-state index contributed by atoms with van der Waals surface area (Å²) in [6, 6.07) is 14.4. The predicted molar refractivity (Wildman–Crippen MR) is 68.6 cm³/mol. The van der Waals surface area contributed by atoms with Gasteiger partial charge in [0.1, 0.15) is 5.75 Å². The molecule has 0 fully saturated rings. The maximum absolute atomic E-state index is 11.1. The van der Waals surface area contributed by atoms with Crippen LogP contribution >= 0.6 is 0 Å². The smallest absolute Gasteiger partial charge is 0.308 e. The summed E-state index contributed by atoms with van der Waals surface area (Å²) in [7, 11) is 0. The van der Waals surface area contributed by atoms with Crippen molar-refractivity contribution < 1.29 is 14.3 Å². The molecular weight excluding hydrogens is 228 g/mol. The van der Waals surface area contributed by atoms with E-state index >= 15 is 0 Å². The van der Waals surface area contributed by atoms with Crippen LogP contribution in [0.5, 0.6) is 5.75 Å². The number of hydrogen-bond acceptors (Lipinski definition) is 3. The highest BCUT2D eigenvalue weighted by atomic mass is 16.5. The second-order valence-electron chi connectivity index (χ2n) is 3.80. The van der Waals surface area contributed by atoms with Crippen LogP contribution in [0.4, 0.5) is 0 Å². The zero-order valence-corrected chi connectivity index (χ0v) is 9.92. The molecule has 0 radical (unpaired) electrons. The molecule has 0 unspecified atom stereocenters. The third-order valence-corrected chi connectivity index (χ3v) is 2.50. The molecule has 90 valence electrons. The van der Waals surface area contributed by atoms with E-state index in [2.05, 4.69) is 0 Å². The summed E-state index contributed by atoms with van der Waals surface area (Å²) in [5, 5.41) is 0. The molecule has 0 spiro atoms. The van der Waals surface area contributed by atoms with Gasteiger partial charge in [-0.3, -0.25) is 9.59 Å². The average Bonchev–Trinajstić information content (AvgIpc) is 2.38. The predicted octanol–water partition coefficient (Wildman–Crippen LogP) is 3.09. The number of hydrogen-bond donors (Lipinski definition) is 0. The van der Waals surface area contributed by atoms with Crippen molar-refractivity contribution in [2.45, 2.75) is 6.92 Å². The molecule has 0 heterocycles. The van der Waals surface area contributed by atoms with Crippen molar-refractivity contribution in [2.24, 2.45) is 0 Å². The highest BCUT2D eigenvalue weighted by Crippen LogP contribution is 2.32. The van der Waals surface area contributed by atoms with Gasteiger partial charge in [-0.25, -0.2) is 0 Å². The fraction of sp³-hybridized carbons (Fsp3) is 0.0667. The van der Waals surface area contributed by atoms with Crippen LogP contribution in [0.2, 0.25) is 0 Å². The lowest BCUT2D eigenvalue weighted by Gasteiger charge is -2.11. The van der Waals surface area contributed by atoms with Gasteiger partial charge in [-0.1, -0.05) is 42.5 Å². The van der Waals surface area contributed by atoms with E-state index in [0.717, 1.165) is 11.8 Å². The minimum Gasteiger partial charge on any atom is -0.426 e. The molecule has 0 saturated heterocycles. The van der Waals surface area contributed by atoms with Gasteiger partial charge in [0.25, 0.3) is 0 Å². The van der Waals surface area contributed by atoms with Gasteiger partial charge in [-0.15, -0.1) is 0 Å². The molecule has 0 saturated carbocycles. The third-order valence-electron chi connectivity index (χ3n) is 2.50. The van der Waals surface area contributed by atoms with Crippen LogP contribution in [0, 0.1) is 0 Å². The summed E-state index contributed by atoms with van der Waals surface area (Å²) in [5.74, 6) is -0.00599. The highest BCUT2D eigenvalue weighted by molar-refractivity contribution is 5.91. The second-order valence-corrected chi connectivity index (χ2v) is 3.80. The normalized spacial score (nSPS) is 9.83. The maximum atomic E-state index is 11.1. The van der Waals surface area contributed by atoms with Crippen LogP contribution in [0.15, 0.2) is 48.5 Å². The molecule has 0 aliphatic carbocycles. The number of ether oxygens (including phenoxy) is 1. The van der Waals surface area contributed by atoms with Gasteiger partial charge < -0.3 is 4.74 Å². The number of rotatable bonds is 3. The zero-order chi connectivity index (χ0) is 13.0. The first-order chi connectivity index (χ1) is 8.72. The van der Waals surface area contributed by atoms with Gasteiger partial charge in [-0.2, -0.15) is 0 Å². The van der Waals surface area contributed by atoms with Crippen molar-refractivity contribution in [3.05, 3.63) is 54.1 Å². The Morgan fingerprint density at radius 2 is 1.78 bits per heavy atom. The first kappa shape index (κ1) is 12.0.